The van der Waals surface area contributed by atoms with Crippen molar-refractivity contribution in [2.75, 3.05) is 11.4 Å². The summed E-state index contributed by atoms with van der Waals surface area (Å²) in [5.74, 6) is -0.963. The molecule has 0 aliphatic heterocycles. The van der Waals surface area contributed by atoms with Gasteiger partial charge in [0.15, 0.2) is 0 Å². The van der Waals surface area contributed by atoms with Crippen LogP contribution in [0.15, 0.2) is 92.9 Å². The number of benzene rings is 3. The van der Waals surface area contributed by atoms with Gasteiger partial charge in [-0.15, -0.1) is 0 Å². The minimum absolute atomic E-state index is 0.0251. The van der Waals surface area contributed by atoms with E-state index in [0.717, 1.165) is 20.2 Å². The number of aromatic nitrogens is 3. The van der Waals surface area contributed by atoms with Gasteiger partial charge >= 0.3 is 17.3 Å². The highest BCUT2D eigenvalue weighted by Crippen LogP contribution is 2.18. The highest BCUT2D eigenvalue weighted by atomic mass is 79.9. The number of nitrogens with zero attached hydrogens (tertiary/aromatic N) is 4. The third-order valence-electron chi connectivity index (χ3n) is 5.53. The van der Waals surface area contributed by atoms with Gasteiger partial charge in [-0.1, -0.05) is 64.5 Å². The lowest BCUT2D eigenvalue weighted by molar-refractivity contribution is 0.0697. The van der Waals surface area contributed by atoms with Crippen LogP contribution in [0.5, 0.6) is 0 Å². The van der Waals surface area contributed by atoms with Crippen molar-refractivity contribution in [3.8, 4) is 5.69 Å². The predicted octanol–water partition coefficient (Wildman–Crippen LogP) is 3.93. The number of hydrogen-bond donors (Lipinski definition) is 1. The van der Waals surface area contributed by atoms with Crippen LogP contribution in [-0.4, -0.2) is 31.7 Å². The van der Waals surface area contributed by atoms with Crippen LogP contribution in [0.3, 0.4) is 0 Å². The molecule has 0 fully saturated rings. The van der Waals surface area contributed by atoms with Crippen molar-refractivity contribution in [1.29, 1.82) is 0 Å². The number of carboxylic acids is 1. The zero-order valence-electron chi connectivity index (χ0n) is 19.0. The third kappa shape index (κ3) is 5.41. The fourth-order valence-electron chi connectivity index (χ4n) is 3.74. The Hall–Kier alpha value is -3.98. The molecule has 0 unspecified atom stereocenters. The van der Waals surface area contributed by atoms with Crippen LogP contribution in [0.25, 0.3) is 5.69 Å². The van der Waals surface area contributed by atoms with E-state index in [2.05, 4.69) is 20.9 Å². The van der Waals surface area contributed by atoms with Gasteiger partial charge < -0.3 is 10.0 Å². The lowest BCUT2D eigenvalue weighted by Gasteiger charge is -2.25. The van der Waals surface area contributed by atoms with Crippen LogP contribution in [0.2, 0.25) is 0 Å². The quantitative estimate of drug-likeness (QED) is 0.367. The third-order valence-corrected chi connectivity index (χ3v) is 6.06. The van der Waals surface area contributed by atoms with Crippen molar-refractivity contribution in [2.45, 2.75) is 20.0 Å². The fraction of sp³-hybridized carbons (Fsp3) is 0.154. The zero-order valence-corrected chi connectivity index (χ0v) is 20.6. The van der Waals surface area contributed by atoms with E-state index >= 15 is 0 Å². The molecule has 0 saturated heterocycles. The normalized spacial score (nSPS) is 10.8. The molecule has 1 N–H and O–H groups in total. The topological polar surface area (TPSA) is 97.4 Å². The molecule has 4 aromatic rings. The molecule has 0 saturated carbocycles. The molecule has 8 nitrogen and oxygen atoms in total. The van der Waals surface area contributed by atoms with Crippen LogP contribution in [0, 0.1) is 0 Å². The minimum atomic E-state index is -1.12. The maximum absolute atomic E-state index is 13.7. The summed E-state index contributed by atoms with van der Waals surface area (Å²) in [4.78, 5) is 44.5. The Morgan fingerprint density at radius 2 is 1.69 bits per heavy atom. The predicted molar refractivity (Wildman–Crippen MR) is 137 cm³/mol. The van der Waals surface area contributed by atoms with Gasteiger partial charge in [-0.05, 0) is 48.4 Å². The van der Waals surface area contributed by atoms with Gasteiger partial charge in [0.2, 0.25) is 5.95 Å². The highest BCUT2D eigenvalue weighted by Gasteiger charge is 2.20. The molecule has 0 aliphatic rings. The fourth-order valence-corrected chi connectivity index (χ4v) is 4.00. The molecule has 0 bridgehead atoms. The van der Waals surface area contributed by atoms with Crippen LogP contribution < -0.4 is 16.3 Å². The second-order valence-corrected chi connectivity index (χ2v) is 8.80. The first-order valence-electron chi connectivity index (χ1n) is 11.0. The van der Waals surface area contributed by atoms with Gasteiger partial charge in [-0.25, -0.2) is 23.5 Å². The number of halogens is 1. The van der Waals surface area contributed by atoms with E-state index in [1.54, 1.807) is 12.1 Å². The summed E-state index contributed by atoms with van der Waals surface area (Å²) in [5, 5.41) is 9.49. The van der Waals surface area contributed by atoms with Crippen molar-refractivity contribution in [2.24, 2.45) is 0 Å². The highest BCUT2D eigenvalue weighted by molar-refractivity contribution is 9.10. The maximum atomic E-state index is 13.7. The van der Waals surface area contributed by atoms with E-state index in [-0.39, 0.29) is 18.1 Å². The van der Waals surface area contributed by atoms with Crippen molar-refractivity contribution in [1.82, 2.24) is 14.1 Å². The van der Waals surface area contributed by atoms with Crippen LogP contribution in [-0.2, 0) is 13.1 Å². The Morgan fingerprint density at radius 3 is 2.34 bits per heavy atom. The summed E-state index contributed by atoms with van der Waals surface area (Å²) in [5.41, 5.74) is 0.797. The first-order valence-corrected chi connectivity index (χ1v) is 11.8. The molecule has 1 heterocycles. The number of carboxylic acid groups (broad SMARTS) is 1. The summed E-state index contributed by atoms with van der Waals surface area (Å²) in [6, 6.07) is 23.0. The lowest BCUT2D eigenvalue weighted by Crippen LogP contribution is -2.44. The summed E-state index contributed by atoms with van der Waals surface area (Å²) < 4.78 is 3.24. The molecule has 0 radical (unpaired) electrons. The Kier molecular flexibility index (Phi) is 7.26. The van der Waals surface area contributed by atoms with E-state index in [0.29, 0.717) is 18.8 Å². The van der Waals surface area contributed by atoms with Crippen molar-refractivity contribution in [3.05, 3.63) is 121 Å². The maximum Gasteiger partial charge on any atom is 0.355 e. The number of aromatic carboxylic acids is 1. The molecular weight excluding hydrogens is 512 g/mol. The summed E-state index contributed by atoms with van der Waals surface area (Å²) in [6.45, 7) is 2.82. The van der Waals surface area contributed by atoms with Gasteiger partial charge in [0, 0.05) is 17.6 Å². The van der Waals surface area contributed by atoms with Gasteiger partial charge in [0.25, 0.3) is 0 Å². The smallest absolute Gasteiger partial charge is 0.355 e. The van der Waals surface area contributed by atoms with Crippen LogP contribution >= 0.6 is 15.9 Å². The lowest BCUT2D eigenvalue weighted by atomic mass is 10.2. The van der Waals surface area contributed by atoms with E-state index < -0.39 is 17.3 Å². The Balaban J connectivity index is 1.90. The van der Waals surface area contributed by atoms with E-state index in [1.165, 1.54) is 16.7 Å². The largest absolute Gasteiger partial charge is 0.478 e. The van der Waals surface area contributed by atoms with Gasteiger partial charge in [0.1, 0.15) is 0 Å². The van der Waals surface area contributed by atoms with E-state index in [9.17, 15) is 19.5 Å². The van der Waals surface area contributed by atoms with Crippen molar-refractivity contribution < 1.29 is 9.90 Å². The molecule has 1 aromatic heterocycles. The molecule has 0 aliphatic carbocycles. The SMILES string of the molecule is CCN(Cc1ccccc1)c1nc(=O)n(Cc2ccc(Br)cc2)c(=O)n1-c1cccc(C(=O)O)c1. The second-order valence-electron chi connectivity index (χ2n) is 7.88. The average Bonchev–Trinajstić information content (AvgIpc) is 2.86. The molecule has 178 valence electrons. The van der Waals surface area contributed by atoms with E-state index in [4.69, 9.17) is 0 Å². The first kappa shape index (κ1) is 24.2. The van der Waals surface area contributed by atoms with Gasteiger partial charge in [-0.2, -0.15) is 4.98 Å². The monoisotopic (exact) mass is 534 g/mol. The van der Waals surface area contributed by atoms with Gasteiger partial charge in [0.05, 0.1) is 17.8 Å². The summed E-state index contributed by atoms with van der Waals surface area (Å²) in [6.07, 6.45) is 0. The number of hydrogen-bond acceptors (Lipinski definition) is 5. The molecule has 0 amide bonds. The Bertz CT molecular complexity index is 1460. The molecule has 4 rings (SSSR count). The Labute approximate surface area is 209 Å². The number of rotatable bonds is 8. The first-order chi connectivity index (χ1) is 16.9. The number of carbonyl (C=O) groups is 1. The molecule has 0 atom stereocenters. The minimum Gasteiger partial charge on any atom is -0.478 e. The standard InChI is InChI=1S/C26H23BrN4O4/c1-2-29(16-18-7-4-3-5-8-18)24-28-25(34)30(17-19-11-13-21(27)14-12-19)26(35)31(24)22-10-6-9-20(15-22)23(32)33/h3-15H,2,16-17H2,1H3,(H,32,33). The average molecular weight is 535 g/mol. The van der Waals surface area contributed by atoms with Crippen molar-refractivity contribution in [3.63, 3.8) is 0 Å². The van der Waals surface area contributed by atoms with Crippen molar-refractivity contribution >= 4 is 27.8 Å². The molecule has 9 heteroatoms. The van der Waals surface area contributed by atoms with E-state index in [1.807, 2.05) is 66.4 Å². The zero-order chi connectivity index (χ0) is 24.9. The second kappa shape index (κ2) is 10.5. The molecular formula is C26H23BrN4O4. The van der Waals surface area contributed by atoms with Crippen LogP contribution in [0.4, 0.5) is 5.95 Å². The molecule has 35 heavy (non-hydrogen) atoms. The van der Waals surface area contributed by atoms with Gasteiger partial charge in [-0.3, -0.25) is 0 Å². The molecule has 3 aromatic carbocycles. The Morgan fingerprint density at radius 1 is 0.971 bits per heavy atom. The summed E-state index contributed by atoms with van der Waals surface area (Å²) >= 11 is 3.38. The molecule has 0 spiro atoms. The number of anilines is 1. The van der Waals surface area contributed by atoms with Crippen LogP contribution in [0.1, 0.15) is 28.4 Å². The summed E-state index contributed by atoms with van der Waals surface area (Å²) in [7, 11) is 0.